The third-order valence-electron chi connectivity index (χ3n) is 3.91. The molecule has 0 aromatic heterocycles. The largest absolute Gasteiger partial charge is 0.298 e. The van der Waals surface area contributed by atoms with Crippen LogP contribution in [-0.4, -0.2) is 11.9 Å². The van der Waals surface area contributed by atoms with Crippen LogP contribution in [0.1, 0.15) is 43.0 Å². The number of hydrogen-bond donors (Lipinski definition) is 0. The van der Waals surface area contributed by atoms with Gasteiger partial charge in [0.25, 0.3) is 0 Å². The van der Waals surface area contributed by atoms with E-state index in [1.165, 1.54) is 22.3 Å². The van der Waals surface area contributed by atoms with Crippen molar-refractivity contribution < 1.29 is 0 Å². The molecule has 2 aromatic carbocycles. The molecule has 0 heterocycles. The van der Waals surface area contributed by atoms with Crippen molar-refractivity contribution in [2.24, 2.45) is 0 Å². The quantitative estimate of drug-likeness (QED) is 0.727. The van der Waals surface area contributed by atoms with Crippen LogP contribution in [0.15, 0.2) is 55.1 Å². The van der Waals surface area contributed by atoms with Gasteiger partial charge in [-0.3, -0.25) is 4.90 Å². The topological polar surface area (TPSA) is 3.24 Å². The van der Waals surface area contributed by atoms with E-state index in [2.05, 4.69) is 87.8 Å². The molecule has 0 atom stereocenters. The lowest BCUT2D eigenvalue weighted by Gasteiger charge is -2.21. The molecule has 0 saturated heterocycles. The smallest absolute Gasteiger partial charge is 0.0234 e. The third kappa shape index (κ3) is 4.57. The Balaban J connectivity index is 1.99. The summed E-state index contributed by atoms with van der Waals surface area (Å²) in [6.07, 6.45) is 1.90. The zero-order valence-corrected chi connectivity index (χ0v) is 14.3. The second kappa shape index (κ2) is 6.93. The first kappa shape index (κ1) is 16.5. The normalized spacial score (nSPS) is 11.7. The van der Waals surface area contributed by atoms with Crippen LogP contribution < -0.4 is 0 Å². The summed E-state index contributed by atoms with van der Waals surface area (Å²) in [4.78, 5) is 2.34. The average molecular weight is 293 g/mol. The van der Waals surface area contributed by atoms with Gasteiger partial charge in [-0.25, -0.2) is 0 Å². The highest BCUT2D eigenvalue weighted by molar-refractivity contribution is 5.47. The molecule has 0 bridgehead atoms. The van der Waals surface area contributed by atoms with Gasteiger partial charge in [0.15, 0.2) is 0 Å². The third-order valence-corrected chi connectivity index (χ3v) is 3.91. The highest BCUT2D eigenvalue weighted by Gasteiger charge is 2.13. The highest BCUT2D eigenvalue weighted by Crippen LogP contribution is 2.22. The molecule has 2 rings (SSSR count). The van der Waals surface area contributed by atoms with Crippen LogP contribution in [0.2, 0.25) is 0 Å². The van der Waals surface area contributed by atoms with Gasteiger partial charge in [0.05, 0.1) is 0 Å². The summed E-state index contributed by atoms with van der Waals surface area (Å²) in [7, 11) is 2.16. The Kier molecular flexibility index (Phi) is 5.20. The van der Waals surface area contributed by atoms with Crippen LogP contribution in [0.5, 0.6) is 0 Å². The van der Waals surface area contributed by atoms with Crippen molar-refractivity contribution in [2.45, 2.75) is 39.3 Å². The van der Waals surface area contributed by atoms with Crippen LogP contribution in [0.25, 0.3) is 6.08 Å². The first-order valence-corrected chi connectivity index (χ1v) is 7.88. The Morgan fingerprint density at radius 1 is 0.955 bits per heavy atom. The van der Waals surface area contributed by atoms with Gasteiger partial charge < -0.3 is 0 Å². The van der Waals surface area contributed by atoms with Gasteiger partial charge in [-0.2, -0.15) is 0 Å². The summed E-state index contributed by atoms with van der Waals surface area (Å²) in [5, 5.41) is 0. The maximum Gasteiger partial charge on any atom is 0.0234 e. The van der Waals surface area contributed by atoms with Crippen molar-refractivity contribution in [3.05, 3.63) is 77.4 Å². The molecule has 0 aliphatic heterocycles. The van der Waals surface area contributed by atoms with Gasteiger partial charge in [-0.15, -0.1) is 0 Å². The van der Waals surface area contributed by atoms with Crippen LogP contribution in [0.4, 0.5) is 0 Å². The van der Waals surface area contributed by atoms with Gasteiger partial charge in [0.2, 0.25) is 0 Å². The number of rotatable bonds is 5. The second-order valence-electron chi connectivity index (χ2n) is 7.07. The van der Waals surface area contributed by atoms with Crippen LogP contribution in [0.3, 0.4) is 0 Å². The number of benzene rings is 2. The Morgan fingerprint density at radius 3 is 2.18 bits per heavy atom. The van der Waals surface area contributed by atoms with Crippen molar-refractivity contribution >= 4 is 6.08 Å². The molecular weight excluding hydrogens is 266 g/mol. The lowest BCUT2D eigenvalue weighted by Crippen LogP contribution is -2.17. The summed E-state index contributed by atoms with van der Waals surface area (Å²) in [6, 6.07) is 17.6. The SMILES string of the molecule is C=Cc1cccc(CN(C)Cc2ccc(C(C)(C)C)cc2)c1. The van der Waals surface area contributed by atoms with E-state index in [4.69, 9.17) is 0 Å². The molecule has 0 unspecified atom stereocenters. The molecule has 0 amide bonds. The van der Waals surface area contributed by atoms with E-state index in [-0.39, 0.29) is 5.41 Å². The summed E-state index contributed by atoms with van der Waals surface area (Å²) in [6.45, 7) is 12.5. The summed E-state index contributed by atoms with van der Waals surface area (Å²) in [5.41, 5.74) is 5.47. The zero-order valence-electron chi connectivity index (χ0n) is 14.3. The maximum atomic E-state index is 3.83. The predicted octanol–water partition coefficient (Wildman–Crippen LogP) is 5.26. The lowest BCUT2D eigenvalue weighted by molar-refractivity contribution is 0.319. The van der Waals surface area contributed by atoms with E-state index < -0.39 is 0 Å². The predicted molar refractivity (Wildman–Crippen MR) is 96.8 cm³/mol. The Morgan fingerprint density at radius 2 is 1.59 bits per heavy atom. The summed E-state index contributed by atoms with van der Waals surface area (Å²) < 4.78 is 0. The van der Waals surface area contributed by atoms with Crippen molar-refractivity contribution in [1.82, 2.24) is 4.90 Å². The molecule has 0 aliphatic carbocycles. The standard InChI is InChI=1S/C21H27N/c1-6-17-8-7-9-19(14-17)16-22(5)15-18-10-12-20(13-11-18)21(2,3)4/h6-14H,1,15-16H2,2-5H3. The van der Waals surface area contributed by atoms with Gasteiger partial charge in [-0.05, 0) is 34.7 Å². The molecular formula is C21H27N. The van der Waals surface area contributed by atoms with Gasteiger partial charge in [0, 0.05) is 13.1 Å². The minimum atomic E-state index is 0.218. The van der Waals surface area contributed by atoms with Gasteiger partial charge in [-0.1, -0.05) is 82.0 Å². The molecule has 0 radical (unpaired) electrons. The van der Waals surface area contributed by atoms with Crippen LogP contribution >= 0.6 is 0 Å². The van der Waals surface area contributed by atoms with E-state index in [0.29, 0.717) is 0 Å². The highest BCUT2D eigenvalue weighted by atomic mass is 15.1. The molecule has 0 aliphatic rings. The van der Waals surface area contributed by atoms with Crippen molar-refractivity contribution in [3.63, 3.8) is 0 Å². The molecule has 22 heavy (non-hydrogen) atoms. The molecule has 1 heteroatoms. The van der Waals surface area contributed by atoms with E-state index >= 15 is 0 Å². The van der Waals surface area contributed by atoms with E-state index in [0.717, 1.165) is 13.1 Å². The van der Waals surface area contributed by atoms with E-state index in [1.807, 2.05) is 6.08 Å². The summed E-state index contributed by atoms with van der Waals surface area (Å²) >= 11 is 0. The van der Waals surface area contributed by atoms with Crippen LogP contribution in [0, 0.1) is 0 Å². The molecule has 1 nitrogen and oxygen atoms in total. The minimum absolute atomic E-state index is 0.218. The first-order valence-electron chi connectivity index (χ1n) is 7.88. The second-order valence-corrected chi connectivity index (χ2v) is 7.07. The van der Waals surface area contributed by atoms with Gasteiger partial charge >= 0.3 is 0 Å². The summed E-state index contributed by atoms with van der Waals surface area (Å²) in [5.74, 6) is 0. The minimum Gasteiger partial charge on any atom is -0.298 e. The van der Waals surface area contributed by atoms with Crippen molar-refractivity contribution in [2.75, 3.05) is 7.05 Å². The molecule has 0 spiro atoms. The molecule has 0 fully saturated rings. The molecule has 2 aromatic rings. The lowest BCUT2D eigenvalue weighted by atomic mass is 9.87. The first-order chi connectivity index (χ1) is 10.4. The monoisotopic (exact) mass is 293 g/mol. The fourth-order valence-electron chi connectivity index (χ4n) is 2.61. The molecule has 0 N–H and O–H groups in total. The Bertz CT molecular complexity index is 617. The van der Waals surface area contributed by atoms with Crippen molar-refractivity contribution in [3.8, 4) is 0 Å². The van der Waals surface area contributed by atoms with Crippen molar-refractivity contribution in [1.29, 1.82) is 0 Å². The fourth-order valence-corrected chi connectivity index (χ4v) is 2.61. The average Bonchev–Trinajstić information content (AvgIpc) is 2.47. The zero-order chi connectivity index (χ0) is 16.2. The number of nitrogens with zero attached hydrogens (tertiary/aromatic N) is 1. The van der Waals surface area contributed by atoms with E-state index in [9.17, 15) is 0 Å². The molecule has 116 valence electrons. The Hall–Kier alpha value is -1.86. The fraction of sp³-hybridized carbons (Fsp3) is 0.333. The van der Waals surface area contributed by atoms with E-state index in [1.54, 1.807) is 0 Å². The van der Waals surface area contributed by atoms with Gasteiger partial charge in [0.1, 0.15) is 0 Å². The Labute approximate surface area is 135 Å². The maximum absolute atomic E-state index is 3.83. The number of hydrogen-bond acceptors (Lipinski definition) is 1. The molecule has 0 saturated carbocycles. The van der Waals surface area contributed by atoms with Crippen LogP contribution in [-0.2, 0) is 18.5 Å².